The Hall–Kier alpha value is -1.75. The third-order valence-electron chi connectivity index (χ3n) is 5.05. The summed E-state index contributed by atoms with van der Waals surface area (Å²) in [7, 11) is 2.11. The predicted molar refractivity (Wildman–Crippen MR) is 93.7 cm³/mol. The molecule has 3 rings (SSSR count). The molecule has 0 radical (unpaired) electrons. The number of likely N-dealkylation sites (N-methyl/N-ethyl adjacent to an activating group) is 1. The Labute approximate surface area is 144 Å². The third kappa shape index (κ3) is 3.83. The minimum atomic E-state index is 0.202. The van der Waals surface area contributed by atoms with Crippen molar-refractivity contribution in [1.29, 1.82) is 0 Å². The summed E-state index contributed by atoms with van der Waals surface area (Å²) in [5.74, 6) is 2.46. The van der Waals surface area contributed by atoms with Crippen LogP contribution in [0.15, 0.2) is 18.2 Å². The zero-order chi connectivity index (χ0) is 17.1. The lowest BCUT2D eigenvalue weighted by Crippen LogP contribution is -2.47. The number of hydrogen-bond donors (Lipinski definition) is 0. The van der Waals surface area contributed by atoms with Crippen molar-refractivity contribution in [2.75, 3.05) is 46.4 Å². The smallest absolute Gasteiger partial charge is 0.223 e. The van der Waals surface area contributed by atoms with E-state index < -0.39 is 0 Å². The molecule has 1 atom stereocenters. The van der Waals surface area contributed by atoms with Crippen LogP contribution >= 0.6 is 0 Å². The maximum Gasteiger partial charge on any atom is 0.223 e. The summed E-state index contributed by atoms with van der Waals surface area (Å²) in [6.07, 6.45) is 0.557. The molecular weight excluding hydrogens is 304 g/mol. The fraction of sp³-hybridized carbons (Fsp3) is 0.632. The molecular formula is C19H28N2O3. The minimum absolute atomic E-state index is 0.202. The molecule has 5 nitrogen and oxygen atoms in total. The SMILES string of the molecule is CC(C)C(CC(=O)N1CCN(C)CC1)c1ccc2c(c1)OCCO2. The number of piperazine rings is 1. The Bertz CT molecular complexity index is 580. The van der Waals surface area contributed by atoms with Crippen molar-refractivity contribution < 1.29 is 14.3 Å². The zero-order valence-electron chi connectivity index (χ0n) is 15.0. The third-order valence-corrected chi connectivity index (χ3v) is 5.05. The molecule has 0 aromatic heterocycles. The van der Waals surface area contributed by atoms with Gasteiger partial charge in [0.05, 0.1) is 0 Å². The lowest BCUT2D eigenvalue weighted by atomic mass is 9.85. The Morgan fingerprint density at radius 2 is 1.75 bits per heavy atom. The van der Waals surface area contributed by atoms with Gasteiger partial charge in [0.25, 0.3) is 0 Å². The average molecular weight is 332 g/mol. The van der Waals surface area contributed by atoms with Crippen LogP contribution in [0, 0.1) is 5.92 Å². The second kappa shape index (κ2) is 7.43. The number of benzene rings is 1. The monoisotopic (exact) mass is 332 g/mol. The van der Waals surface area contributed by atoms with E-state index in [9.17, 15) is 4.79 Å². The van der Waals surface area contributed by atoms with Crippen molar-refractivity contribution in [3.8, 4) is 11.5 Å². The molecule has 1 saturated heterocycles. The summed E-state index contributed by atoms with van der Waals surface area (Å²) in [6.45, 7) is 9.13. The summed E-state index contributed by atoms with van der Waals surface area (Å²) in [5.41, 5.74) is 1.16. The van der Waals surface area contributed by atoms with Crippen molar-refractivity contribution in [3.05, 3.63) is 23.8 Å². The Morgan fingerprint density at radius 3 is 2.42 bits per heavy atom. The minimum Gasteiger partial charge on any atom is -0.486 e. The molecule has 0 spiro atoms. The lowest BCUT2D eigenvalue weighted by molar-refractivity contribution is -0.133. The van der Waals surface area contributed by atoms with Gasteiger partial charge in [-0.3, -0.25) is 4.79 Å². The van der Waals surface area contributed by atoms with Gasteiger partial charge in [0.15, 0.2) is 11.5 Å². The maximum absolute atomic E-state index is 12.7. The van der Waals surface area contributed by atoms with Gasteiger partial charge in [-0.25, -0.2) is 0 Å². The van der Waals surface area contributed by atoms with Crippen molar-refractivity contribution in [3.63, 3.8) is 0 Å². The van der Waals surface area contributed by atoms with Crippen LogP contribution in [0.3, 0.4) is 0 Å². The molecule has 0 saturated carbocycles. The number of hydrogen-bond acceptors (Lipinski definition) is 4. The Morgan fingerprint density at radius 1 is 1.08 bits per heavy atom. The Kier molecular flexibility index (Phi) is 5.29. The first-order chi connectivity index (χ1) is 11.5. The molecule has 1 fully saturated rings. The van der Waals surface area contributed by atoms with Crippen molar-refractivity contribution in [2.45, 2.75) is 26.2 Å². The van der Waals surface area contributed by atoms with Gasteiger partial charge in [0.1, 0.15) is 13.2 Å². The van der Waals surface area contributed by atoms with Gasteiger partial charge in [-0.05, 0) is 36.6 Å². The van der Waals surface area contributed by atoms with E-state index in [2.05, 4.69) is 37.9 Å². The van der Waals surface area contributed by atoms with Gasteiger partial charge in [-0.15, -0.1) is 0 Å². The van der Waals surface area contributed by atoms with Crippen LogP contribution in [-0.2, 0) is 4.79 Å². The normalized spacial score (nSPS) is 19.4. The van der Waals surface area contributed by atoms with E-state index in [1.807, 2.05) is 11.0 Å². The number of carbonyl (C=O) groups is 1. The van der Waals surface area contributed by atoms with Gasteiger partial charge in [0.2, 0.25) is 5.91 Å². The molecule has 0 bridgehead atoms. The van der Waals surface area contributed by atoms with E-state index in [1.54, 1.807) is 0 Å². The van der Waals surface area contributed by atoms with E-state index in [4.69, 9.17) is 9.47 Å². The van der Waals surface area contributed by atoms with E-state index >= 15 is 0 Å². The van der Waals surface area contributed by atoms with Crippen LogP contribution in [0.1, 0.15) is 31.7 Å². The van der Waals surface area contributed by atoms with Gasteiger partial charge in [-0.1, -0.05) is 19.9 Å². The molecule has 0 N–H and O–H groups in total. The number of fused-ring (bicyclic) bond motifs is 1. The highest BCUT2D eigenvalue weighted by Crippen LogP contribution is 2.36. The fourth-order valence-corrected chi connectivity index (χ4v) is 3.40. The quantitative estimate of drug-likeness (QED) is 0.849. The average Bonchev–Trinajstić information content (AvgIpc) is 2.59. The van der Waals surface area contributed by atoms with Gasteiger partial charge in [-0.2, -0.15) is 0 Å². The second-order valence-electron chi connectivity index (χ2n) is 7.14. The highest BCUT2D eigenvalue weighted by Gasteiger charge is 2.26. The largest absolute Gasteiger partial charge is 0.486 e. The van der Waals surface area contributed by atoms with Crippen LogP contribution < -0.4 is 9.47 Å². The van der Waals surface area contributed by atoms with E-state index in [-0.39, 0.29) is 11.8 Å². The number of carbonyl (C=O) groups excluding carboxylic acids is 1. The summed E-state index contributed by atoms with van der Waals surface area (Å²) in [6, 6.07) is 6.10. The van der Waals surface area contributed by atoms with E-state index in [1.165, 1.54) is 0 Å². The topological polar surface area (TPSA) is 42.0 Å². The van der Waals surface area contributed by atoms with Crippen molar-refractivity contribution in [2.24, 2.45) is 5.92 Å². The highest BCUT2D eigenvalue weighted by atomic mass is 16.6. The second-order valence-corrected chi connectivity index (χ2v) is 7.14. The summed E-state index contributed by atoms with van der Waals surface area (Å²) >= 11 is 0. The van der Waals surface area contributed by atoms with Crippen LogP contribution in [0.5, 0.6) is 11.5 Å². The molecule has 1 unspecified atom stereocenters. The Balaban J connectivity index is 1.71. The first kappa shape index (κ1) is 17.1. The van der Waals surface area contributed by atoms with Crippen molar-refractivity contribution >= 4 is 5.91 Å². The highest BCUT2D eigenvalue weighted by molar-refractivity contribution is 5.77. The number of ether oxygens (including phenoxy) is 2. The van der Waals surface area contributed by atoms with Gasteiger partial charge < -0.3 is 19.3 Å². The van der Waals surface area contributed by atoms with Gasteiger partial charge >= 0.3 is 0 Å². The maximum atomic E-state index is 12.7. The first-order valence-electron chi connectivity index (χ1n) is 8.90. The summed E-state index contributed by atoms with van der Waals surface area (Å²) in [4.78, 5) is 17.0. The summed E-state index contributed by atoms with van der Waals surface area (Å²) in [5, 5.41) is 0. The molecule has 2 aliphatic rings. The van der Waals surface area contributed by atoms with Gasteiger partial charge in [0, 0.05) is 32.6 Å². The molecule has 1 aromatic rings. The van der Waals surface area contributed by atoms with Crippen LogP contribution in [-0.4, -0.2) is 62.1 Å². The number of amides is 1. The molecule has 132 valence electrons. The molecule has 0 aliphatic carbocycles. The van der Waals surface area contributed by atoms with Crippen LogP contribution in [0.25, 0.3) is 0 Å². The lowest BCUT2D eigenvalue weighted by Gasteiger charge is -2.34. The van der Waals surface area contributed by atoms with Crippen molar-refractivity contribution in [1.82, 2.24) is 9.80 Å². The molecule has 1 amide bonds. The molecule has 2 heterocycles. The fourth-order valence-electron chi connectivity index (χ4n) is 3.40. The number of rotatable bonds is 4. The molecule has 1 aromatic carbocycles. The standard InChI is InChI=1S/C19H28N2O3/c1-14(2)16(13-19(22)21-8-6-20(3)7-9-21)15-4-5-17-18(12-15)24-11-10-23-17/h4-5,12,14,16H,6-11,13H2,1-3H3. The van der Waals surface area contributed by atoms with Crippen LogP contribution in [0.2, 0.25) is 0 Å². The van der Waals surface area contributed by atoms with Crippen LogP contribution in [0.4, 0.5) is 0 Å². The van der Waals surface area contributed by atoms with E-state index in [0.29, 0.717) is 25.6 Å². The van der Waals surface area contributed by atoms with E-state index in [0.717, 1.165) is 43.2 Å². The molecule has 24 heavy (non-hydrogen) atoms. The predicted octanol–water partition coefficient (Wildman–Crippen LogP) is 2.36. The zero-order valence-corrected chi connectivity index (χ0v) is 15.0. The summed E-state index contributed by atoms with van der Waals surface area (Å²) < 4.78 is 11.3. The molecule has 2 aliphatic heterocycles. The molecule has 5 heteroatoms. The number of nitrogens with zero attached hydrogens (tertiary/aromatic N) is 2. The first-order valence-corrected chi connectivity index (χ1v) is 8.90.